The molecule has 1 saturated carbocycles. The van der Waals surface area contributed by atoms with Crippen LogP contribution in [0.3, 0.4) is 0 Å². The molecule has 2 amide bonds. The van der Waals surface area contributed by atoms with Crippen molar-refractivity contribution in [1.29, 1.82) is 0 Å². The predicted molar refractivity (Wildman–Crippen MR) is 180 cm³/mol. The molecule has 47 heavy (non-hydrogen) atoms. The van der Waals surface area contributed by atoms with Gasteiger partial charge in [-0.1, -0.05) is 103 Å². The normalized spacial score (nSPS) is 24.6. The van der Waals surface area contributed by atoms with E-state index in [4.69, 9.17) is 9.47 Å². The number of anilines is 1. The van der Waals surface area contributed by atoms with Crippen LogP contribution in [0.2, 0.25) is 0 Å². The monoisotopic (exact) mass is 617 g/mol. The lowest BCUT2D eigenvalue weighted by Crippen LogP contribution is -2.45. The van der Waals surface area contributed by atoms with Crippen LogP contribution in [-0.2, 0) is 25.2 Å². The molecule has 2 bridgehead atoms. The number of amides is 2. The fraction of sp³-hybridized carbons (Fsp3) is 0.146. The summed E-state index contributed by atoms with van der Waals surface area (Å²) in [6.07, 6.45) is 0. The Hall–Kier alpha value is -5.75. The minimum Gasteiger partial charge on any atom is -0.497 e. The van der Waals surface area contributed by atoms with Gasteiger partial charge >= 0.3 is 0 Å². The molecule has 230 valence electrons. The zero-order valence-electron chi connectivity index (χ0n) is 25.9. The maximum absolute atomic E-state index is 16.0. The largest absolute Gasteiger partial charge is 0.497 e. The van der Waals surface area contributed by atoms with Crippen molar-refractivity contribution in [2.24, 2.45) is 11.8 Å². The third-order valence-corrected chi connectivity index (χ3v) is 10.2. The maximum Gasteiger partial charge on any atom is 0.239 e. The van der Waals surface area contributed by atoms with E-state index in [2.05, 4.69) is 0 Å². The van der Waals surface area contributed by atoms with Crippen molar-refractivity contribution >= 4 is 34.4 Å². The second-order valence-electron chi connectivity index (χ2n) is 12.2. The van der Waals surface area contributed by atoms with Crippen LogP contribution < -0.4 is 14.4 Å². The van der Waals surface area contributed by atoms with E-state index in [1.807, 2.05) is 127 Å². The van der Waals surface area contributed by atoms with Gasteiger partial charge in [0.2, 0.25) is 11.8 Å². The first-order valence-electron chi connectivity index (χ1n) is 15.6. The van der Waals surface area contributed by atoms with Crippen LogP contribution >= 0.6 is 0 Å². The number of para-hydroxylation sites is 1. The van der Waals surface area contributed by atoms with E-state index in [0.29, 0.717) is 28.3 Å². The molecule has 3 aliphatic rings. The zero-order chi connectivity index (χ0) is 32.3. The highest BCUT2D eigenvalue weighted by atomic mass is 16.5. The number of hydrogen-bond donors (Lipinski definition) is 0. The number of Topliss-reactive ketones (excluding diaryl/α,β-unsaturated/α-hetero) is 1. The number of carbonyl (C=O) groups excluding carboxylic acids is 3. The molecule has 6 heteroatoms. The molecule has 5 aromatic carbocycles. The summed E-state index contributed by atoms with van der Waals surface area (Å²) in [6.45, 7) is 0. The van der Waals surface area contributed by atoms with Gasteiger partial charge in [0.05, 0.1) is 42.6 Å². The summed E-state index contributed by atoms with van der Waals surface area (Å²) >= 11 is 0. The lowest BCUT2D eigenvalue weighted by atomic mass is 9.59. The van der Waals surface area contributed by atoms with Crippen molar-refractivity contribution in [3.05, 3.63) is 162 Å². The quantitative estimate of drug-likeness (QED) is 0.186. The number of carbonyl (C=O) groups is 3. The number of ether oxygens (including phenoxy) is 2. The van der Waals surface area contributed by atoms with E-state index >= 15 is 4.79 Å². The van der Waals surface area contributed by atoms with Crippen molar-refractivity contribution in [2.45, 2.75) is 10.8 Å². The van der Waals surface area contributed by atoms with Crippen molar-refractivity contribution < 1.29 is 23.9 Å². The van der Waals surface area contributed by atoms with Crippen molar-refractivity contribution in [2.75, 3.05) is 19.1 Å². The molecule has 2 fully saturated rings. The van der Waals surface area contributed by atoms with Crippen LogP contribution in [0.25, 0.3) is 11.1 Å². The number of allylic oxidation sites excluding steroid dienone is 2. The molecule has 0 radical (unpaired) electrons. The van der Waals surface area contributed by atoms with E-state index in [9.17, 15) is 9.59 Å². The van der Waals surface area contributed by atoms with Crippen molar-refractivity contribution in [1.82, 2.24) is 0 Å². The van der Waals surface area contributed by atoms with Gasteiger partial charge in [0, 0.05) is 0 Å². The number of methoxy groups -OCH3 is 2. The molecular formula is C41H31NO5. The van der Waals surface area contributed by atoms with Crippen molar-refractivity contribution in [3.8, 4) is 11.5 Å². The maximum atomic E-state index is 16.0. The van der Waals surface area contributed by atoms with Crippen LogP contribution in [0.1, 0.15) is 22.3 Å². The molecular weight excluding hydrogens is 586 g/mol. The average Bonchev–Trinajstić information content (AvgIpc) is 3.64. The molecule has 2 aliphatic carbocycles. The van der Waals surface area contributed by atoms with Crippen LogP contribution in [0.5, 0.6) is 11.5 Å². The van der Waals surface area contributed by atoms with E-state index in [-0.39, 0.29) is 17.6 Å². The molecule has 0 N–H and O–H groups in total. The van der Waals surface area contributed by atoms with Crippen LogP contribution in [-0.4, -0.2) is 31.8 Å². The minimum absolute atomic E-state index is 0.163. The van der Waals surface area contributed by atoms with E-state index in [0.717, 1.165) is 22.3 Å². The zero-order valence-corrected chi connectivity index (χ0v) is 25.9. The van der Waals surface area contributed by atoms with E-state index in [1.54, 1.807) is 26.4 Å². The summed E-state index contributed by atoms with van der Waals surface area (Å²) in [7, 11) is 3.22. The van der Waals surface area contributed by atoms with Gasteiger partial charge in [0.15, 0.2) is 5.78 Å². The molecule has 1 heterocycles. The van der Waals surface area contributed by atoms with E-state index < -0.39 is 22.7 Å². The first kappa shape index (κ1) is 28.7. The number of imide groups is 1. The standard InChI is InChI=1S/C41H31NO5/c1-46-31-22-18-26(19-23-31)33-34(27-20-24-32(47-2)25-21-27)41(29-14-8-4-9-15-29)36-35(40(33,39(41)45)28-12-6-3-7-13-28)37(43)42(38(36)44)30-16-10-5-11-17-30/h3-25,35-36H,1-2H3/t35-,36+,40-,41+. The Morgan fingerprint density at radius 3 is 1.21 bits per heavy atom. The second kappa shape index (κ2) is 10.7. The van der Waals surface area contributed by atoms with Gasteiger partial charge in [0.25, 0.3) is 0 Å². The summed E-state index contributed by atoms with van der Waals surface area (Å²) in [5.41, 5.74) is 1.93. The fourth-order valence-corrected chi connectivity index (χ4v) is 8.47. The highest BCUT2D eigenvalue weighted by Crippen LogP contribution is 2.74. The first-order valence-corrected chi connectivity index (χ1v) is 15.6. The summed E-state index contributed by atoms with van der Waals surface area (Å²) in [6, 6.07) is 43.3. The van der Waals surface area contributed by atoms with Gasteiger partial charge in [-0.25, -0.2) is 4.90 Å². The second-order valence-corrected chi connectivity index (χ2v) is 12.2. The molecule has 0 unspecified atom stereocenters. The Kier molecular flexibility index (Phi) is 6.51. The Labute approximate surface area is 272 Å². The number of nitrogens with zero attached hydrogens (tertiary/aromatic N) is 1. The molecule has 4 atom stereocenters. The van der Waals surface area contributed by atoms with Gasteiger partial charge in [-0.3, -0.25) is 14.4 Å². The summed E-state index contributed by atoms with van der Waals surface area (Å²) in [4.78, 5) is 47.2. The molecule has 6 nitrogen and oxygen atoms in total. The molecule has 0 spiro atoms. The minimum atomic E-state index is -1.47. The van der Waals surface area contributed by atoms with Gasteiger partial charge in [-0.05, 0) is 69.8 Å². The van der Waals surface area contributed by atoms with E-state index in [1.165, 1.54) is 4.90 Å². The molecule has 8 rings (SSSR count). The first-order chi connectivity index (χ1) is 23.0. The number of rotatable bonds is 7. The van der Waals surface area contributed by atoms with Crippen LogP contribution in [0, 0.1) is 11.8 Å². The third kappa shape index (κ3) is 3.69. The van der Waals surface area contributed by atoms with Crippen LogP contribution in [0.15, 0.2) is 140 Å². The topological polar surface area (TPSA) is 72.9 Å². The molecule has 5 aromatic rings. The number of benzene rings is 5. The predicted octanol–water partition coefficient (Wildman–Crippen LogP) is 6.89. The van der Waals surface area contributed by atoms with Gasteiger partial charge in [0.1, 0.15) is 11.5 Å². The van der Waals surface area contributed by atoms with Gasteiger partial charge in [-0.2, -0.15) is 0 Å². The Morgan fingerprint density at radius 1 is 0.489 bits per heavy atom. The van der Waals surface area contributed by atoms with Gasteiger partial charge < -0.3 is 9.47 Å². The van der Waals surface area contributed by atoms with Crippen molar-refractivity contribution in [3.63, 3.8) is 0 Å². The third-order valence-electron chi connectivity index (χ3n) is 10.2. The highest BCUT2D eigenvalue weighted by molar-refractivity contribution is 6.39. The SMILES string of the molecule is COc1ccc(C2=C(c3ccc(OC)cc3)[C@@]3(c4ccccc4)C(=O)[C@]2(c2ccccc2)[C@@H]2C(=O)N(c4ccccc4)C(=O)[C@@H]23)cc1. The number of fused-ring (bicyclic) bond motifs is 5. The molecule has 0 aromatic heterocycles. The fourth-order valence-electron chi connectivity index (χ4n) is 8.47. The number of ketones is 1. The lowest BCUT2D eigenvalue weighted by Gasteiger charge is -2.39. The molecule has 1 saturated heterocycles. The smallest absolute Gasteiger partial charge is 0.239 e. The Bertz CT molecular complexity index is 1930. The Morgan fingerprint density at radius 2 is 0.851 bits per heavy atom. The summed E-state index contributed by atoms with van der Waals surface area (Å²) in [5.74, 6) is -1.54. The molecule has 1 aliphatic heterocycles. The number of hydrogen-bond acceptors (Lipinski definition) is 5. The van der Waals surface area contributed by atoms with Gasteiger partial charge in [-0.15, -0.1) is 0 Å². The summed E-state index contributed by atoms with van der Waals surface area (Å²) in [5, 5.41) is 0. The summed E-state index contributed by atoms with van der Waals surface area (Å²) < 4.78 is 11.0. The highest BCUT2D eigenvalue weighted by Gasteiger charge is 2.82. The Balaban J connectivity index is 1.55. The average molecular weight is 618 g/mol. The van der Waals surface area contributed by atoms with Crippen LogP contribution in [0.4, 0.5) is 5.69 Å². The lowest BCUT2D eigenvalue weighted by molar-refractivity contribution is -0.130.